The lowest BCUT2D eigenvalue weighted by molar-refractivity contribution is -0.870. The molecule has 0 saturated heterocycles. The van der Waals surface area contributed by atoms with Crippen LogP contribution in [0, 0.1) is 0 Å². The molecule has 0 amide bonds. The summed E-state index contributed by atoms with van der Waals surface area (Å²) >= 11 is 0. The van der Waals surface area contributed by atoms with Gasteiger partial charge in [0.25, 0.3) is 0 Å². The number of phosphoric acid groups is 1. The van der Waals surface area contributed by atoms with Crippen molar-refractivity contribution in [3.05, 3.63) is 12.2 Å². The van der Waals surface area contributed by atoms with Crippen LogP contribution in [0.25, 0.3) is 0 Å². The number of allylic oxidation sites excluding steroid dienone is 2. The van der Waals surface area contributed by atoms with Gasteiger partial charge in [0.15, 0.2) is 0 Å². The van der Waals surface area contributed by atoms with Gasteiger partial charge in [-0.15, -0.1) is 0 Å². The van der Waals surface area contributed by atoms with E-state index >= 15 is 0 Å². The fourth-order valence-corrected chi connectivity index (χ4v) is 8.29. The maximum absolute atomic E-state index is 12.7. The Kier molecular flexibility index (Phi) is 44.3. The summed E-state index contributed by atoms with van der Waals surface area (Å²) in [6.45, 7) is 5.68. The molecule has 8 nitrogen and oxygen atoms in total. The molecule has 358 valence electrons. The minimum atomic E-state index is -4.28. The number of hydrogen-bond acceptors (Lipinski definition) is 6. The number of nitrogens with zero attached hydrogens (tertiary/aromatic N) is 1. The summed E-state index contributed by atoms with van der Waals surface area (Å²) in [5.74, 6) is -0.312. The molecule has 0 saturated carbocycles. The molecule has 2 unspecified atom stereocenters. The second kappa shape index (κ2) is 44.8. The number of rotatable bonds is 49. The molecule has 9 heteroatoms. The van der Waals surface area contributed by atoms with Crippen LogP contribution in [0.5, 0.6) is 0 Å². The first-order valence-electron chi connectivity index (χ1n) is 25.9. The molecule has 0 aliphatic carbocycles. The molecule has 0 heterocycles. The lowest BCUT2D eigenvalue weighted by Crippen LogP contribution is -2.37. The van der Waals surface area contributed by atoms with Crippen molar-refractivity contribution in [2.45, 2.75) is 258 Å². The molecule has 0 aliphatic heterocycles. The molecule has 2 atom stereocenters. The minimum Gasteiger partial charge on any atom is -0.457 e. The summed E-state index contributed by atoms with van der Waals surface area (Å²) in [5, 5.41) is 0. The van der Waals surface area contributed by atoms with Crippen molar-refractivity contribution < 1.29 is 37.3 Å². The first-order chi connectivity index (χ1) is 29.1. The highest BCUT2D eigenvalue weighted by atomic mass is 31.2. The van der Waals surface area contributed by atoms with E-state index in [4.69, 9.17) is 18.5 Å². The molecular weight excluding hydrogens is 770 g/mol. The van der Waals surface area contributed by atoms with Crippen LogP contribution in [0.1, 0.15) is 251 Å². The van der Waals surface area contributed by atoms with Gasteiger partial charge < -0.3 is 18.9 Å². The van der Waals surface area contributed by atoms with E-state index in [1.807, 2.05) is 21.1 Å². The Hall–Kier alpha value is -0.760. The number of ether oxygens (including phenoxy) is 2. The number of quaternary nitrogens is 1. The number of esters is 1. The summed E-state index contributed by atoms with van der Waals surface area (Å²) in [7, 11) is 1.68. The molecule has 0 spiro atoms. The van der Waals surface area contributed by atoms with Gasteiger partial charge in [-0.1, -0.05) is 219 Å². The van der Waals surface area contributed by atoms with Gasteiger partial charge in [0.2, 0.25) is 0 Å². The summed E-state index contributed by atoms with van der Waals surface area (Å²) in [5.41, 5.74) is 0. The highest BCUT2D eigenvalue weighted by Gasteiger charge is 2.26. The van der Waals surface area contributed by atoms with Crippen LogP contribution in [0.15, 0.2) is 12.2 Å². The predicted molar refractivity (Wildman–Crippen MR) is 257 cm³/mol. The lowest BCUT2D eigenvalue weighted by Gasteiger charge is -2.24. The molecule has 0 aromatic rings. The lowest BCUT2D eigenvalue weighted by atomic mass is 10.0. The van der Waals surface area contributed by atoms with Gasteiger partial charge in [0, 0.05) is 13.0 Å². The quantitative estimate of drug-likeness (QED) is 0.0214. The molecular formula is C51H103NO7P+. The molecule has 0 aromatic heterocycles. The van der Waals surface area contributed by atoms with Crippen LogP contribution < -0.4 is 0 Å². The van der Waals surface area contributed by atoms with E-state index in [9.17, 15) is 14.3 Å². The van der Waals surface area contributed by atoms with Crippen LogP contribution in [-0.2, 0) is 27.9 Å². The third kappa shape index (κ3) is 48.3. The van der Waals surface area contributed by atoms with Gasteiger partial charge in [-0.25, -0.2) is 4.57 Å². The van der Waals surface area contributed by atoms with Crippen LogP contribution in [0.2, 0.25) is 0 Å². The van der Waals surface area contributed by atoms with E-state index in [1.54, 1.807) is 0 Å². The van der Waals surface area contributed by atoms with Gasteiger partial charge in [-0.05, 0) is 38.5 Å². The number of carbonyl (C=O) groups is 1. The van der Waals surface area contributed by atoms with Crippen LogP contribution in [0.3, 0.4) is 0 Å². The van der Waals surface area contributed by atoms with E-state index in [0.717, 1.165) is 32.1 Å². The average Bonchev–Trinajstić information content (AvgIpc) is 3.20. The Balaban J connectivity index is 4.09. The fourth-order valence-electron chi connectivity index (χ4n) is 7.55. The predicted octanol–water partition coefficient (Wildman–Crippen LogP) is 15.8. The van der Waals surface area contributed by atoms with Crippen molar-refractivity contribution in [1.29, 1.82) is 0 Å². The zero-order valence-electron chi connectivity index (χ0n) is 40.7. The van der Waals surface area contributed by atoms with Crippen molar-refractivity contribution in [3.8, 4) is 0 Å². The third-order valence-electron chi connectivity index (χ3n) is 11.6. The molecule has 0 aromatic carbocycles. The highest BCUT2D eigenvalue weighted by molar-refractivity contribution is 7.47. The SMILES string of the molecule is CCCCCCCC/C=C\CCCCCCCCCC(=O)OC(COCCCCCCCCCCCCCCCCCCCCCCC)COP(=O)(O)OCC[N+](C)(C)C. The van der Waals surface area contributed by atoms with E-state index in [2.05, 4.69) is 26.0 Å². The topological polar surface area (TPSA) is 91.3 Å². The molecule has 0 bridgehead atoms. The van der Waals surface area contributed by atoms with E-state index < -0.39 is 13.9 Å². The number of likely N-dealkylation sites (N-methyl/N-ethyl adjacent to an activating group) is 1. The second-order valence-electron chi connectivity index (χ2n) is 18.9. The van der Waals surface area contributed by atoms with Crippen LogP contribution in [0.4, 0.5) is 0 Å². The van der Waals surface area contributed by atoms with Crippen molar-refractivity contribution in [3.63, 3.8) is 0 Å². The van der Waals surface area contributed by atoms with E-state index in [1.165, 1.54) is 199 Å². The number of carbonyl (C=O) groups excluding carboxylic acids is 1. The molecule has 0 radical (unpaired) electrons. The van der Waals surface area contributed by atoms with E-state index in [0.29, 0.717) is 24.1 Å². The fraction of sp³-hybridized carbons (Fsp3) is 0.941. The second-order valence-corrected chi connectivity index (χ2v) is 20.4. The molecule has 0 aliphatic rings. The number of hydrogen-bond donors (Lipinski definition) is 1. The first-order valence-corrected chi connectivity index (χ1v) is 27.4. The van der Waals surface area contributed by atoms with Gasteiger partial charge in [-0.3, -0.25) is 13.8 Å². The summed E-state index contributed by atoms with van der Waals surface area (Å²) in [6.07, 6.45) is 51.1. The van der Waals surface area contributed by atoms with Crippen molar-refractivity contribution in [1.82, 2.24) is 0 Å². The third-order valence-corrected chi connectivity index (χ3v) is 12.6. The molecule has 1 N–H and O–H groups in total. The van der Waals surface area contributed by atoms with Crippen molar-refractivity contribution in [2.75, 3.05) is 54.1 Å². The summed E-state index contributed by atoms with van der Waals surface area (Å²) in [4.78, 5) is 23.0. The van der Waals surface area contributed by atoms with Crippen molar-refractivity contribution in [2.24, 2.45) is 0 Å². The number of phosphoric ester groups is 1. The minimum absolute atomic E-state index is 0.0913. The van der Waals surface area contributed by atoms with Gasteiger partial charge in [0.05, 0.1) is 34.4 Å². The van der Waals surface area contributed by atoms with Gasteiger partial charge in [-0.2, -0.15) is 0 Å². The molecule has 0 fully saturated rings. The summed E-state index contributed by atoms with van der Waals surface area (Å²) < 4.78 is 35.2. The standard InChI is InChI=1S/C51H102NO7P/c1-6-8-10-12-14-16-18-20-22-24-25-26-27-29-31-33-35-37-39-41-43-46-56-48-50(49-58-60(54,55)57-47-45-52(3,4)5)59-51(53)44-42-40-38-36-34-32-30-28-23-21-19-17-15-13-11-9-7-2/h21,23,50H,6-20,22,24-49H2,1-5H3/p+1/b23-21-. The highest BCUT2D eigenvalue weighted by Crippen LogP contribution is 2.43. The van der Waals surface area contributed by atoms with Crippen LogP contribution in [-0.4, -0.2) is 75.6 Å². The Morgan fingerprint density at radius 2 is 0.867 bits per heavy atom. The average molecular weight is 873 g/mol. The zero-order valence-corrected chi connectivity index (χ0v) is 41.6. The summed E-state index contributed by atoms with van der Waals surface area (Å²) in [6, 6.07) is 0. The Morgan fingerprint density at radius 3 is 1.27 bits per heavy atom. The van der Waals surface area contributed by atoms with Gasteiger partial charge >= 0.3 is 13.8 Å². The Labute approximate surface area is 373 Å². The monoisotopic (exact) mass is 873 g/mol. The normalized spacial score (nSPS) is 13.6. The van der Waals surface area contributed by atoms with Crippen LogP contribution >= 0.6 is 7.82 Å². The first kappa shape index (κ1) is 59.2. The maximum Gasteiger partial charge on any atom is 0.472 e. The maximum atomic E-state index is 12.7. The smallest absolute Gasteiger partial charge is 0.457 e. The molecule has 0 rings (SSSR count). The van der Waals surface area contributed by atoms with Crippen molar-refractivity contribution >= 4 is 13.8 Å². The largest absolute Gasteiger partial charge is 0.472 e. The van der Waals surface area contributed by atoms with Gasteiger partial charge in [0.1, 0.15) is 19.3 Å². The molecule has 60 heavy (non-hydrogen) atoms. The number of unbranched alkanes of at least 4 members (excludes halogenated alkanes) is 33. The van der Waals surface area contributed by atoms with E-state index in [-0.39, 0.29) is 25.8 Å². The Morgan fingerprint density at radius 1 is 0.500 bits per heavy atom. The Bertz CT molecular complexity index is 972. The zero-order chi connectivity index (χ0) is 44.1.